The van der Waals surface area contributed by atoms with Gasteiger partial charge in [0.25, 0.3) is 0 Å². The van der Waals surface area contributed by atoms with E-state index in [9.17, 15) is 14.7 Å². The highest BCUT2D eigenvalue weighted by atomic mass is 16.5. The summed E-state index contributed by atoms with van der Waals surface area (Å²) >= 11 is 0. The van der Waals surface area contributed by atoms with Crippen molar-refractivity contribution in [2.45, 2.75) is 26.3 Å². The van der Waals surface area contributed by atoms with Gasteiger partial charge in [-0.05, 0) is 32.4 Å². The minimum absolute atomic E-state index is 0.0985. The zero-order valence-corrected chi connectivity index (χ0v) is 16.8. The number of carboxylic acids is 1. The van der Waals surface area contributed by atoms with Crippen molar-refractivity contribution >= 4 is 11.9 Å². The van der Waals surface area contributed by atoms with Crippen molar-refractivity contribution in [1.82, 2.24) is 14.7 Å². The van der Waals surface area contributed by atoms with Crippen LogP contribution in [-0.2, 0) is 14.3 Å². The Bertz CT molecular complexity index is 954. The highest BCUT2D eigenvalue weighted by molar-refractivity contribution is 5.89. The standard InChI is InChI=1S/C21H25N3O5/c1-12-19(13(2)24(22-12)14-5-4-6-15(9-14)28-3)18-11-29-8-7-23(18)20(25)16-10-17(16)21(26)27/h4-6,9,16-18H,7-8,10-11H2,1-3H3,(H,26,27). The van der Waals surface area contributed by atoms with Gasteiger partial charge in [0.15, 0.2) is 0 Å². The van der Waals surface area contributed by atoms with Gasteiger partial charge in [-0.1, -0.05) is 6.07 Å². The molecule has 0 spiro atoms. The fourth-order valence-electron chi connectivity index (χ4n) is 4.19. The summed E-state index contributed by atoms with van der Waals surface area (Å²) in [7, 11) is 1.62. The molecule has 1 aliphatic heterocycles. The summed E-state index contributed by atoms with van der Waals surface area (Å²) in [5, 5.41) is 13.9. The smallest absolute Gasteiger partial charge is 0.307 e. The average Bonchev–Trinajstić information content (AvgIpc) is 3.48. The van der Waals surface area contributed by atoms with Crippen LogP contribution in [0, 0.1) is 25.7 Å². The quantitative estimate of drug-likeness (QED) is 0.828. The van der Waals surface area contributed by atoms with E-state index in [4.69, 9.17) is 14.6 Å². The van der Waals surface area contributed by atoms with Crippen LogP contribution in [0.25, 0.3) is 5.69 Å². The predicted molar refractivity (Wildman–Crippen MR) is 104 cm³/mol. The molecule has 1 saturated carbocycles. The fourth-order valence-corrected chi connectivity index (χ4v) is 4.19. The number of carbonyl (C=O) groups is 2. The van der Waals surface area contributed by atoms with E-state index in [1.165, 1.54) is 0 Å². The van der Waals surface area contributed by atoms with Crippen molar-refractivity contribution in [2.24, 2.45) is 11.8 Å². The molecule has 1 amide bonds. The minimum Gasteiger partial charge on any atom is -0.497 e. The maximum atomic E-state index is 13.0. The van der Waals surface area contributed by atoms with E-state index in [1.54, 1.807) is 12.0 Å². The number of rotatable bonds is 5. The first-order chi connectivity index (χ1) is 13.9. The molecule has 1 aliphatic carbocycles. The predicted octanol–water partition coefficient (Wildman–Crippen LogP) is 2.12. The molecule has 2 fully saturated rings. The number of aryl methyl sites for hydroxylation is 1. The Morgan fingerprint density at radius 1 is 1.28 bits per heavy atom. The molecular weight excluding hydrogens is 374 g/mol. The van der Waals surface area contributed by atoms with Crippen molar-refractivity contribution in [3.05, 3.63) is 41.2 Å². The van der Waals surface area contributed by atoms with Crippen molar-refractivity contribution in [3.63, 3.8) is 0 Å². The molecule has 0 radical (unpaired) electrons. The van der Waals surface area contributed by atoms with Gasteiger partial charge in [0.1, 0.15) is 5.75 Å². The van der Waals surface area contributed by atoms with Crippen molar-refractivity contribution < 1.29 is 24.2 Å². The van der Waals surface area contributed by atoms with Crippen LogP contribution in [0.1, 0.15) is 29.4 Å². The third kappa shape index (κ3) is 3.48. The fraction of sp³-hybridized carbons (Fsp3) is 0.476. The number of aromatic nitrogens is 2. The van der Waals surface area contributed by atoms with Crippen LogP contribution in [0.2, 0.25) is 0 Å². The summed E-state index contributed by atoms with van der Waals surface area (Å²) in [5.41, 5.74) is 3.58. The van der Waals surface area contributed by atoms with E-state index in [0.29, 0.717) is 26.2 Å². The highest BCUT2D eigenvalue weighted by Crippen LogP contribution is 2.42. The van der Waals surface area contributed by atoms with Gasteiger partial charge in [0.2, 0.25) is 5.91 Å². The molecule has 29 heavy (non-hydrogen) atoms. The van der Waals surface area contributed by atoms with E-state index < -0.39 is 17.8 Å². The zero-order chi connectivity index (χ0) is 20.7. The normalized spacial score (nSPS) is 23.7. The first-order valence-corrected chi connectivity index (χ1v) is 9.74. The number of ether oxygens (including phenoxy) is 2. The molecule has 1 aromatic carbocycles. The number of aliphatic carboxylic acids is 1. The largest absolute Gasteiger partial charge is 0.497 e. The number of hydrogen-bond acceptors (Lipinski definition) is 5. The van der Waals surface area contributed by atoms with Crippen LogP contribution < -0.4 is 4.74 Å². The summed E-state index contributed by atoms with van der Waals surface area (Å²) < 4.78 is 12.9. The maximum absolute atomic E-state index is 13.0. The number of hydrogen-bond donors (Lipinski definition) is 1. The lowest BCUT2D eigenvalue weighted by molar-refractivity contribution is -0.146. The third-order valence-corrected chi connectivity index (χ3v) is 5.81. The molecule has 3 atom stereocenters. The number of benzene rings is 1. The van der Waals surface area contributed by atoms with Gasteiger partial charge >= 0.3 is 5.97 Å². The zero-order valence-electron chi connectivity index (χ0n) is 16.8. The molecule has 3 unspecified atom stereocenters. The Kier molecular flexibility index (Phi) is 5.04. The number of methoxy groups -OCH3 is 1. The lowest BCUT2D eigenvalue weighted by atomic mass is 10.0. The summed E-state index contributed by atoms with van der Waals surface area (Å²) in [6.45, 7) is 5.18. The molecule has 2 heterocycles. The molecule has 2 aliphatic rings. The first-order valence-electron chi connectivity index (χ1n) is 9.74. The average molecular weight is 399 g/mol. The second kappa shape index (κ2) is 7.51. The van der Waals surface area contributed by atoms with Crippen LogP contribution in [0.5, 0.6) is 5.75 Å². The van der Waals surface area contributed by atoms with Crippen LogP contribution >= 0.6 is 0 Å². The summed E-state index contributed by atoms with van der Waals surface area (Å²) in [5.74, 6) is -1.25. The lowest BCUT2D eigenvalue weighted by Gasteiger charge is -2.36. The number of nitrogens with zero attached hydrogens (tertiary/aromatic N) is 3. The Morgan fingerprint density at radius 2 is 2.07 bits per heavy atom. The van der Waals surface area contributed by atoms with E-state index in [1.807, 2.05) is 42.8 Å². The van der Waals surface area contributed by atoms with Gasteiger partial charge in [0, 0.05) is 23.9 Å². The van der Waals surface area contributed by atoms with E-state index in [0.717, 1.165) is 28.4 Å². The Hall–Kier alpha value is -2.87. The SMILES string of the molecule is COc1cccc(-n2nc(C)c(C3COCCN3C(=O)C3CC3C(=O)O)c2C)c1. The summed E-state index contributed by atoms with van der Waals surface area (Å²) in [6, 6.07) is 7.37. The molecule has 0 bridgehead atoms. The Balaban J connectivity index is 1.66. The molecule has 2 aromatic rings. The Labute approximate surface area is 169 Å². The van der Waals surface area contributed by atoms with Gasteiger partial charge in [-0.2, -0.15) is 5.10 Å². The van der Waals surface area contributed by atoms with Crippen LogP contribution in [0.4, 0.5) is 0 Å². The minimum atomic E-state index is -0.897. The van der Waals surface area contributed by atoms with Crippen LogP contribution in [0.3, 0.4) is 0 Å². The third-order valence-electron chi connectivity index (χ3n) is 5.81. The molecule has 4 rings (SSSR count). The van der Waals surface area contributed by atoms with Crippen molar-refractivity contribution in [2.75, 3.05) is 26.9 Å². The second-order valence-corrected chi connectivity index (χ2v) is 7.61. The molecule has 8 heteroatoms. The summed E-state index contributed by atoms with van der Waals surface area (Å²) in [4.78, 5) is 26.0. The Morgan fingerprint density at radius 3 is 2.76 bits per heavy atom. The highest BCUT2D eigenvalue weighted by Gasteiger charge is 2.51. The van der Waals surface area contributed by atoms with Crippen molar-refractivity contribution in [1.29, 1.82) is 0 Å². The van der Waals surface area contributed by atoms with Gasteiger partial charge in [-0.25, -0.2) is 4.68 Å². The molecule has 154 valence electrons. The van der Waals surface area contributed by atoms with Gasteiger partial charge < -0.3 is 19.5 Å². The molecule has 1 N–H and O–H groups in total. The number of morpholine rings is 1. The van der Waals surface area contributed by atoms with Gasteiger partial charge in [-0.15, -0.1) is 0 Å². The topological polar surface area (TPSA) is 93.9 Å². The first kappa shape index (κ1) is 19.4. The van der Waals surface area contributed by atoms with E-state index in [2.05, 4.69) is 0 Å². The maximum Gasteiger partial charge on any atom is 0.307 e. The summed E-state index contributed by atoms with van der Waals surface area (Å²) in [6.07, 6.45) is 0.416. The monoisotopic (exact) mass is 399 g/mol. The molecular formula is C21H25N3O5. The number of amides is 1. The van der Waals surface area contributed by atoms with Crippen molar-refractivity contribution in [3.8, 4) is 11.4 Å². The van der Waals surface area contributed by atoms with Gasteiger partial charge in [0.05, 0.1) is 49.6 Å². The van der Waals surface area contributed by atoms with E-state index >= 15 is 0 Å². The van der Waals surface area contributed by atoms with Gasteiger partial charge in [-0.3, -0.25) is 9.59 Å². The number of carboxylic acid groups (broad SMARTS) is 1. The lowest BCUT2D eigenvalue weighted by Crippen LogP contribution is -2.44. The van der Waals surface area contributed by atoms with Crippen LogP contribution in [-0.4, -0.2) is 58.5 Å². The molecule has 1 aromatic heterocycles. The number of carbonyl (C=O) groups excluding carboxylic acids is 1. The second-order valence-electron chi connectivity index (χ2n) is 7.61. The molecule has 1 saturated heterocycles. The van der Waals surface area contributed by atoms with Crippen LogP contribution in [0.15, 0.2) is 24.3 Å². The van der Waals surface area contributed by atoms with E-state index in [-0.39, 0.29) is 11.9 Å². The molecule has 8 nitrogen and oxygen atoms in total.